The van der Waals surface area contributed by atoms with Gasteiger partial charge in [0.2, 0.25) is 5.91 Å². The molecule has 32 heavy (non-hydrogen) atoms. The first-order valence-corrected chi connectivity index (χ1v) is 10.5. The van der Waals surface area contributed by atoms with Crippen LogP contribution < -0.4 is 15.0 Å². The van der Waals surface area contributed by atoms with E-state index < -0.39 is 12.0 Å². The van der Waals surface area contributed by atoms with Crippen LogP contribution in [0.15, 0.2) is 48.5 Å². The summed E-state index contributed by atoms with van der Waals surface area (Å²) in [5.74, 6) is -0.397. The summed E-state index contributed by atoms with van der Waals surface area (Å²) >= 11 is 5.44. The minimum atomic E-state index is -0.707. The van der Waals surface area contributed by atoms with Gasteiger partial charge in [0.05, 0.1) is 31.9 Å². The van der Waals surface area contributed by atoms with Gasteiger partial charge in [-0.2, -0.15) is 0 Å². The number of amides is 2. The molecule has 1 aliphatic heterocycles. The largest absolute Gasteiger partial charge is 0.497 e. The lowest BCUT2D eigenvalue weighted by Crippen LogP contribution is -2.49. The second kappa shape index (κ2) is 10.2. The number of hydrogen-bond donors (Lipinski definition) is 1. The zero-order valence-electron chi connectivity index (χ0n) is 18.2. The molecule has 1 heterocycles. The zero-order chi connectivity index (χ0) is 23.3. The van der Waals surface area contributed by atoms with Crippen LogP contribution in [0.4, 0.5) is 5.69 Å². The van der Waals surface area contributed by atoms with Crippen molar-refractivity contribution in [1.29, 1.82) is 0 Å². The number of nitrogens with zero attached hydrogens (tertiary/aromatic N) is 2. The second-order valence-electron chi connectivity index (χ2n) is 7.17. The molecular weight excluding hydrogens is 430 g/mol. The summed E-state index contributed by atoms with van der Waals surface area (Å²) in [6, 6.07) is 13.1. The first-order chi connectivity index (χ1) is 15.4. The molecule has 1 saturated heterocycles. The van der Waals surface area contributed by atoms with Crippen molar-refractivity contribution in [1.82, 2.24) is 10.2 Å². The Labute approximate surface area is 192 Å². The molecule has 1 aliphatic rings. The molecule has 2 aromatic carbocycles. The van der Waals surface area contributed by atoms with Crippen LogP contribution in [0.2, 0.25) is 0 Å². The molecule has 0 radical (unpaired) electrons. The molecule has 3 rings (SSSR count). The van der Waals surface area contributed by atoms with Gasteiger partial charge in [-0.05, 0) is 60.6 Å². The van der Waals surface area contributed by atoms with Crippen LogP contribution in [-0.2, 0) is 20.7 Å². The number of benzene rings is 2. The van der Waals surface area contributed by atoms with Gasteiger partial charge in [-0.15, -0.1) is 0 Å². The molecule has 1 fully saturated rings. The highest BCUT2D eigenvalue weighted by Gasteiger charge is 2.43. The summed E-state index contributed by atoms with van der Waals surface area (Å²) in [6.07, 6.45) is 0.652. The molecule has 2 aromatic rings. The van der Waals surface area contributed by atoms with Crippen molar-refractivity contribution < 1.29 is 23.9 Å². The summed E-state index contributed by atoms with van der Waals surface area (Å²) in [5, 5.41) is 3.31. The Balaban J connectivity index is 1.77. The summed E-state index contributed by atoms with van der Waals surface area (Å²) in [4.78, 5) is 40.5. The third-order valence-electron chi connectivity index (χ3n) is 5.32. The third-order valence-corrected chi connectivity index (χ3v) is 5.76. The summed E-state index contributed by atoms with van der Waals surface area (Å²) < 4.78 is 9.87. The number of thiocarbonyl (C=S) groups is 1. The van der Waals surface area contributed by atoms with E-state index in [-0.39, 0.29) is 18.2 Å². The standard InChI is InChI=1S/C23H25N3O5S/c1-24-23(32)25(13-12-15-4-10-18(30-2)11-5-15)19-14-20(27)26(21(19)28)17-8-6-16(7-9-17)22(29)31-3/h4-11,19H,12-14H2,1-3H3,(H,24,32)/t19-/m1/s1. The fourth-order valence-corrected chi connectivity index (χ4v) is 3.80. The SMILES string of the molecule is CNC(=S)N(CCc1ccc(OC)cc1)[C@@H]1CC(=O)N(c2ccc(C(=O)OC)cc2)C1=O. The van der Waals surface area contributed by atoms with E-state index in [1.807, 2.05) is 24.3 Å². The molecule has 1 atom stereocenters. The average Bonchev–Trinajstić information content (AvgIpc) is 3.12. The van der Waals surface area contributed by atoms with Gasteiger partial charge in [0, 0.05) is 13.6 Å². The predicted molar refractivity (Wildman–Crippen MR) is 124 cm³/mol. The van der Waals surface area contributed by atoms with Crippen molar-refractivity contribution in [2.75, 3.05) is 32.7 Å². The monoisotopic (exact) mass is 455 g/mol. The first-order valence-electron chi connectivity index (χ1n) is 10.1. The fraction of sp³-hybridized carbons (Fsp3) is 0.304. The summed E-state index contributed by atoms with van der Waals surface area (Å²) in [6.45, 7) is 0.463. The van der Waals surface area contributed by atoms with E-state index in [1.54, 1.807) is 31.2 Å². The van der Waals surface area contributed by atoms with E-state index in [9.17, 15) is 14.4 Å². The Bertz CT molecular complexity index is 1010. The molecule has 168 valence electrons. The molecule has 2 amide bonds. The van der Waals surface area contributed by atoms with Gasteiger partial charge in [-0.25, -0.2) is 9.69 Å². The van der Waals surface area contributed by atoms with Crippen molar-refractivity contribution in [2.24, 2.45) is 0 Å². The minimum absolute atomic E-state index is 0.0159. The lowest BCUT2D eigenvalue weighted by atomic mass is 10.1. The average molecular weight is 456 g/mol. The minimum Gasteiger partial charge on any atom is -0.497 e. The topological polar surface area (TPSA) is 88.2 Å². The van der Waals surface area contributed by atoms with Crippen LogP contribution in [0.3, 0.4) is 0 Å². The van der Waals surface area contributed by atoms with E-state index in [4.69, 9.17) is 17.0 Å². The van der Waals surface area contributed by atoms with Gasteiger partial charge in [0.25, 0.3) is 5.91 Å². The van der Waals surface area contributed by atoms with Crippen LogP contribution in [0.1, 0.15) is 22.3 Å². The number of imide groups is 1. The van der Waals surface area contributed by atoms with E-state index >= 15 is 0 Å². The number of nitrogens with one attached hydrogen (secondary N) is 1. The van der Waals surface area contributed by atoms with Crippen LogP contribution in [0.25, 0.3) is 0 Å². The third kappa shape index (κ3) is 4.88. The van der Waals surface area contributed by atoms with Gasteiger partial charge in [-0.3, -0.25) is 9.59 Å². The number of anilines is 1. The molecule has 9 heteroatoms. The molecule has 0 saturated carbocycles. The molecule has 0 aliphatic carbocycles. The maximum Gasteiger partial charge on any atom is 0.337 e. The van der Waals surface area contributed by atoms with Gasteiger partial charge < -0.3 is 19.7 Å². The van der Waals surface area contributed by atoms with Gasteiger partial charge in [-0.1, -0.05) is 12.1 Å². The number of esters is 1. The second-order valence-corrected chi connectivity index (χ2v) is 7.56. The molecule has 0 unspecified atom stereocenters. The quantitative estimate of drug-likeness (QED) is 0.386. The van der Waals surface area contributed by atoms with Crippen LogP contribution in [0.5, 0.6) is 5.75 Å². The van der Waals surface area contributed by atoms with Crippen molar-refractivity contribution in [3.05, 3.63) is 59.7 Å². The van der Waals surface area contributed by atoms with Crippen molar-refractivity contribution in [2.45, 2.75) is 18.9 Å². The zero-order valence-corrected chi connectivity index (χ0v) is 19.0. The van der Waals surface area contributed by atoms with E-state index in [1.165, 1.54) is 19.2 Å². The van der Waals surface area contributed by atoms with Crippen molar-refractivity contribution in [3.8, 4) is 5.75 Å². The highest BCUT2D eigenvalue weighted by atomic mass is 32.1. The van der Waals surface area contributed by atoms with Gasteiger partial charge in [0.15, 0.2) is 5.11 Å². The molecule has 0 spiro atoms. The van der Waals surface area contributed by atoms with E-state index in [0.717, 1.165) is 16.2 Å². The number of hydrogen-bond acceptors (Lipinski definition) is 6. The number of ether oxygens (including phenoxy) is 2. The predicted octanol–water partition coefficient (Wildman–Crippen LogP) is 2.16. The Morgan fingerprint density at radius 3 is 2.34 bits per heavy atom. The fourth-order valence-electron chi connectivity index (χ4n) is 3.58. The number of carbonyl (C=O) groups is 3. The van der Waals surface area contributed by atoms with Crippen molar-refractivity contribution >= 4 is 40.8 Å². The lowest BCUT2D eigenvalue weighted by Gasteiger charge is -2.29. The van der Waals surface area contributed by atoms with Crippen LogP contribution in [-0.4, -0.2) is 61.6 Å². The molecule has 0 aromatic heterocycles. The highest BCUT2D eigenvalue weighted by Crippen LogP contribution is 2.26. The maximum atomic E-state index is 13.2. The van der Waals surface area contributed by atoms with E-state index in [0.29, 0.717) is 29.3 Å². The van der Waals surface area contributed by atoms with Crippen LogP contribution in [0, 0.1) is 0 Å². The smallest absolute Gasteiger partial charge is 0.337 e. The first kappa shape index (κ1) is 23.2. The van der Waals surface area contributed by atoms with Crippen LogP contribution >= 0.6 is 12.2 Å². The normalized spacial score (nSPS) is 15.5. The number of rotatable bonds is 7. The number of methoxy groups -OCH3 is 2. The maximum absolute atomic E-state index is 13.2. The molecule has 8 nitrogen and oxygen atoms in total. The molecular formula is C23H25N3O5S. The van der Waals surface area contributed by atoms with Gasteiger partial charge in [0.1, 0.15) is 11.8 Å². The molecule has 0 bridgehead atoms. The summed E-state index contributed by atoms with van der Waals surface area (Å²) in [7, 11) is 4.59. The Hall–Kier alpha value is -3.46. The highest BCUT2D eigenvalue weighted by molar-refractivity contribution is 7.80. The lowest BCUT2D eigenvalue weighted by molar-refractivity contribution is -0.122. The molecule has 1 N–H and O–H groups in total. The Morgan fingerprint density at radius 1 is 1.12 bits per heavy atom. The Kier molecular flexibility index (Phi) is 7.42. The van der Waals surface area contributed by atoms with E-state index in [2.05, 4.69) is 10.1 Å². The summed E-state index contributed by atoms with van der Waals surface area (Å²) in [5.41, 5.74) is 1.80. The number of carbonyl (C=O) groups excluding carboxylic acids is 3. The van der Waals surface area contributed by atoms with Crippen molar-refractivity contribution in [3.63, 3.8) is 0 Å². The van der Waals surface area contributed by atoms with Gasteiger partial charge >= 0.3 is 5.97 Å². The Morgan fingerprint density at radius 2 is 1.78 bits per heavy atom.